The SMILES string of the molecule is CC(C)C1CCCN(C(C)C(N)c2ccc(F)cc2)CC1. The second kappa shape index (κ2) is 7.37. The van der Waals surface area contributed by atoms with Gasteiger partial charge in [0.05, 0.1) is 0 Å². The number of hydrogen-bond donors (Lipinski definition) is 1. The van der Waals surface area contributed by atoms with Gasteiger partial charge in [0.2, 0.25) is 0 Å². The molecule has 0 amide bonds. The Labute approximate surface area is 128 Å². The van der Waals surface area contributed by atoms with Gasteiger partial charge in [-0.05, 0) is 68.8 Å². The average Bonchev–Trinajstić information content (AvgIpc) is 2.72. The lowest BCUT2D eigenvalue weighted by atomic mass is 9.89. The topological polar surface area (TPSA) is 29.3 Å². The van der Waals surface area contributed by atoms with Crippen molar-refractivity contribution in [1.82, 2.24) is 4.90 Å². The largest absolute Gasteiger partial charge is 0.323 e. The third-order valence-corrected chi connectivity index (χ3v) is 5.10. The molecule has 21 heavy (non-hydrogen) atoms. The number of nitrogens with zero attached hydrogens (tertiary/aromatic N) is 1. The van der Waals surface area contributed by atoms with Crippen LogP contribution >= 0.6 is 0 Å². The highest BCUT2D eigenvalue weighted by Crippen LogP contribution is 2.27. The maximum absolute atomic E-state index is 13.0. The molecule has 2 N–H and O–H groups in total. The highest BCUT2D eigenvalue weighted by atomic mass is 19.1. The maximum Gasteiger partial charge on any atom is 0.123 e. The second-order valence-corrected chi connectivity index (χ2v) is 6.79. The molecule has 1 aliphatic heterocycles. The molecule has 0 bridgehead atoms. The summed E-state index contributed by atoms with van der Waals surface area (Å²) >= 11 is 0. The van der Waals surface area contributed by atoms with Gasteiger partial charge in [0, 0.05) is 12.1 Å². The molecule has 3 heteroatoms. The minimum absolute atomic E-state index is 0.0544. The lowest BCUT2D eigenvalue weighted by Crippen LogP contribution is -2.41. The molecule has 1 saturated heterocycles. The summed E-state index contributed by atoms with van der Waals surface area (Å²) in [4.78, 5) is 2.51. The molecule has 1 aromatic carbocycles. The Balaban J connectivity index is 1.98. The molecule has 3 unspecified atom stereocenters. The molecule has 1 aromatic rings. The maximum atomic E-state index is 13.0. The number of likely N-dealkylation sites (tertiary alicyclic amines) is 1. The van der Waals surface area contributed by atoms with Gasteiger partial charge in [0.1, 0.15) is 5.82 Å². The van der Waals surface area contributed by atoms with E-state index in [1.54, 1.807) is 0 Å². The minimum Gasteiger partial charge on any atom is -0.323 e. The van der Waals surface area contributed by atoms with E-state index in [1.165, 1.54) is 31.4 Å². The number of halogens is 1. The van der Waals surface area contributed by atoms with E-state index in [4.69, 9.17) is 5.73 Å². The van der Waals surface area contributed by atoms with Gasteiger partial charge in [-0.1, -0.05) is 26.0 Å². The molecule has 118 valence electrons. The van der Waals surface area contributed by atoms with Crippen LogP contribution in [0.1, 0.15) is 51.6 Å². The molecule has 0 saturated carbocycles. The Bertz CT molecular complexity index is 429. The summed E-state index contributed by atoms with van der Waals surface area (Å²) in [6, 6.07) is 6.86. The van der Waals surface area contributed by atoms with Gasteiger partial charge >= 0.3 is 0 Å². The van der Waals surface area contributed by atoms with Gasteiger partial charge in [-0.15, -0.1) is 0 Å². The lowest BCUT2D eigenvalue weighted by molar-refractivity contribution is 0.186. The molecule has 2 nitrogen and oxygen atoms in total. The minimum atomic E-state index is -0.201. The smallest absolute Gasteiger partial charge is 0.123 e. The van der Waals surface area contributed by atoms with E-state index < -0.39 is 0 Å². The van der Waals surface area contributed by atoms with Crippen molar-refractivity contribution < 1.29 is 4.39 Å². The molecule has 3 atom stereocenters. The summed E-state index contributed by atoms with van der Waals surface area (Å²) < 4.78 is 13.0. The third-order valence-electron chi connectivity index (χ3n) is 5.10. The van der Waals surface area contributed by atoms with Crippen molar-refractivity contribution in [3.05, 3.63) is 35.6 Å². The van der Waals surface area contributed by atoms with Gasteiger partial charge in [-0.2, -0.15) is 0 Å². The van der Waals surface area contributed by atoms with Crippen LogP contribution in [-0.2, 0) is 0 Å². The molecule has 1 fully saturated rings. The number of rotatable bonds is 4. The van der Waals surface area contributed by atoms with E-state index in [-0.39, 0.29) is 11.9 Å². The van der Waals surface area contributed by atoms with Crippen molar-refractivity contribution in [2.75, 3.05) is 13.1 Å². The molecule has 0 aromatic heterocycles. The zero-order chi connectivity index (χ0) is 15.4. The summed E-state index contributed by atoms with van der Waals surface area (Å²) in [6.07, 6.45) is 3.84. The number of hydrogen-bond acceptors (Lipinski definition) is 2. The standard InChI is InChI=1S/C18H29FN2/c1-13(2)15-5-4-11-21(12-10-15)14(3)18(20)16-6-8-17(19)9-7-16/h6-9,13-15,18H,4-5,10-12,20H2,1-3H3. The molecular weight excluding hydrogens is 263 g/mol. The van der Waals surface area contributed by atoms with Gasteiger partial charge in [0.25, 0.3) is 0 Å². The Morgan fingerprint density at radius 2 is 1.76 bits per heavy atom. The average molecular weight is 292 g/mol. The molecule has 0 spiro atoms. The summed E-state index contributed by atoms with van der Waals surface area (Å²) in [5, 5.41) is 0. The molecule has 0 radical (unpaired) electrons. The monoisotopic (exact) mass is 292 g/mol. The fraction of sp³-hybridized carbons (Fsp3) is 0.667. The van der Waals surface area contributed by atoms with Crippen LogP contribution in [0.3, 0.4) is 0 Å². The number of benzene rings is 1. The fourth-order valence-corrected chi connectivity index (χ4v) is 3.41. The van der Waals surface area contributed by atoms with E-state index in [2.05, 4.69) is 25.7 Å². The van der Waals surface area contributed by atoms with E-state index in [0.717, 1.165) is 30.5 Å². The van der Waals surface area contributed by atoms with Gasteiger partial charge < -0.3 is 5.73 Å². The van der Waals surface area contributed by atoms with Crippen molar-refractivity contribution in [1.29, 1.82) is 0 Å². The van der Waals surface area contributed by atoms with Crippen molar-refractivity contribution >= 4 is 0 Å². The van der Waals surface area contributed by atoms with Crippen molar-refractivity contribution in [2.45, 2.75) is 52.1 Å². The van der Waals surface area contributed by atoms with Crippen LogP contribution in [0.5, 0.6) is 0 Å². The van der Waals surface area contributed by atoms with E-state index >= 15 is 0 Å². The van der Waals surface area contributed by atoms with Crippen LogP contribution in [0.15, 0.2) is 24.3 Å². The van der Waals surface area contributed by atoms with E-state index in [9.17, 15) is 4.39 Å². The summed E-state index contributed by atoms with van der Waals surface area (Å²) in [6.45, 7) is 9.10. The predicted octanol–water partition coefficient (Wildman–Crippen LogP) is 3.97. The zero-order valence-electron chi connectivity index (χ0n) is 13.6. The first-order valence-corrected chi connectivity index (χ1v) is 8.24. The van der Waals surface area contributed by atoms with Crippen LogP contribution in [0.4, 0.5) is 4.39 Å². The molecule has 1 aliphatic rings. The first-order chi connectivity index (χ1) is 9.99. The van der Waals surface area contributed by atoms with Crippen molar-refractivity contribution in [2.24, 2.45) is 17.6 Å². The predicted molar refractivity (Wildman–Crippen MR) is 86.5 cm³/mol. The quantitative estimate of drug-likeness (QED) is 0.909. The van der Waals surface area contributed by atoms with Crippen LogP contribution in [0.25, 0.3) is 0 Å². The van der Waals surface area contributed by atoms with Crippen molar-refractivity contribution in [3.63, 3.8) is 0 Å². The van der Waals surface area contributed by atoms with Gasteiger partial charge in [-0.3, -0.25) is 4.90 Å². The Morgan fingerprint density at radius 3 is 2.38 bits per heavy atom. The summed E-state index contributed by atoms with van der Waals surface area (Å²) in [7, 11) is 0. The van der Waals surface area contributed by atoms with Gasteiger partial charge in [-0.25, -0.2) is 4.39 Å². The second-order valence-electron chi connectivity index (χ2n) is 6.79. The summed E-state index contributed by atoms with van der Waals surface area (Å²) in [5.74, 6) is 1.41. The van der Waals surface area contributed by atoms with Crippen LogP contribution in [0.2, 0.25) is 0 Å². The molecule has 1 heterocycles. The zero-order valence-corrected chi connectivity index (χ0v) is 13.6. The van der Waals surface area contributed by atoms with Crippen LogP contribution in [-0.4, -0.2) is 24.0 Å². The normalized spacial score (nSPS) is 23.8. The van der Waals surface area contributed by atoms with E-state index in [1.807, 2.05) is 12.1 Å². The highest BCUT2D eigenvalue weighted by molar-refractivity contribution is 5.21. The fourth-order valence-electron chi connectivity index (χ4n) is 3.41. The number of nitrogens with two attached hydrogens (primary N) is 1. The first-order valence-electron chi connectivity index (χ1n) is 8.24. The van der Waals surface area contributed by atoms with Gasteiger partial charge in [0.15, 0.2) is 0 Å². The Morgan fingerprint density at radius 1 is 1.10 bits per heavy atom. The van der Waals surface area contributed by atoms with E-state index in [0.29, 0.717) is 6.04 Å². The molecule has 0 aliphatic carbocycles. The Hall–Kier alpha value is -0.930. The Kier molecular flexibility index (Phi) is 5.77. The summed E-state index contributed by atoms with van der Waals surface area (Å²) in [5.41, 5.74) is 7.42. The molecule has 2 rings (SSSR count). The molecular formula is C18H29FN2. The highest BCUT2D eigenvalue weighted by Gasteiger charge is 2.26. The first kappa shape index (κ1) is 16.4. The van der Waals surface area contributed by atoms with Crippen LogP contribution < -0.4 is 5.73 Å². The van der Waals surface area contributed by atoms with Crippen molar-refractivity contribution in [3.8, 4) is 0 Å². The lowest BCUT2D eigenvalue weighted by Gasteiger charge is -2.32. The van der Waals surface area contributed by atoms with Crippen LogP contribution in [0, 0.1) is 17.7 Å². The third kappa shape index (κ3) is 4.27.